The first kappa shape index (κ1) is 20.3. The van der Waals surface area contributed by atoms with Crippen molar-refractivity contribution >= 4 is 34.0 Å². The summed E-state index contributed by atoms with van der Waals surface area (Å²) < 4.78 is 11.6. The third kappa shape index (κ3) is 4.72. The molecule has 7 nitrogen and oxygen atoms in total. The number of aryl methyl sites for hydroxylation is 1. The summed E-state index contributed by atoms with van der Waals surface area (Å²) in [5, 5.41) is 13.0. The SMILES string of the molecule is COc1ccc(Br)cc1C(=O)N/N=C/c1ccc(-c2ccc(C(=O)O)cc2C)o1. The fourth-order valence-electron chi connectivity index (χ4n) is 2.71. The maximum Gasteiger partial charge on any atom is 0.335 e. The summed E-state index contributed by atoms with van der Waals surface area (Å²) in [6.45, 7) is 1.81. The van der Waals surface area contributed by atoms with E-state index < -0.39 is 11.9 Å². The maximum atomic E-state index is 12.3. The zero-order valence-corrected chi connectivity index (χ0v) is 17.2. The Morgan fingerprint density at radius 3 is 2.66 bits per heavy atom. The molecule has 2 aromatic carbocycles. The van der Waals surface area contributed by atoms with Gasteiger partial charge >= 0.3 is 5.97 Å². The van der Waals surface area contributed by atoms with E-state index in [0.717, 1.165) is 15.6 Å². The smallest absolute Gasteiger partial charge is 0.335 e. The molecular weight excluding hydrogens is 440 g/mol. The van der Waals surface area contributed by atoms with Gasteiger partial charge in [-0.3, -0.25) is 4.79 Å². The predicted molar refractivity (Wildman–Crippen MR) is 112 cm³/mol. The van der Waals surface area contributed by atoms with Gasteiger partial charge in [-0.25, -0.2) is 10.2 Å². The van der Waals surface area contributed by atoms with Crippen LogP contribution in [0.2, 0.25) is 0 Å². The van der Waals surface area contributed by atoms with E-state index in [1.807, 2.05) is 6.92 Å². The van der Waals surface area contributed by atoms with Crippen LogP contribution in [0, 0.1) is 6.92 Å². The lowest BCUT2D eigenvalue weighted by atomic mass is 10.0. The number of nitrogens with one attached hydrogen (secondary N) is 1. The Kier molecular flexibility index (Phi) is 6.13. The zero-order valence-electron chi connectivity index (χ0n) is 15.6. The van der Waals surface area contributed by atoms with Crippen LogP contribution in [0.4, 0.5) is 0 Å². The summed E-state index contributed by atoms with van der Waals surface area (Å²) in [5.74, 6) is 0.0292. The molecule has 0 saturated carbocycles. The Labute approximate surface area is 175 Å². The Morgan fingerprint density at radius 2 is 1.97 bits per heavy atom. The van der Waals surface area contributed by atoms with Gasteiger partial charge in [-0.1, -0.05) is 22.0 Å². The van der Waals surface area contributed by atoms with Gasteiger partial charge in [0, 0.05) is 10.0 Å². The minimum Gasteiger partial charge on any atom is -0.496 e. The number of hydrogen-bond acceptors (Lipinski definition) is 5. The molecule has 3 aromatic rings. The summed E-state index contributed by atoms with van der Waals surface area (Å²) >= 11 is 3.32. The summed E-state index contributed by atoms with van der Waals surface area (Å²) in [7, 11) is 1.48. The van der Waals surface area contributed by atoms with Crippen molar-refractivity contribution in [2.24, 2.45) is 5.10 Å². The molecule has 0 aliphatic heterocycles. The Morgan fingerprint density at radius 1 is 1.17 bits per heavy atom. The number of aromatic carboxylic acids is 1. The van der Waals surface area contributed by atoms with E-state index in [1.165, 1.54) is 19.4 Å². The van der Waals surface area contributed by atoms with Gasteiger partial charge < -0.3 is 14.3 Å². The highest BCUT2D eigenvalue weighted by atomic mass is 79.9. The van der Waals surface area contributed by atoms with Gasteiger partial charge in [0.1, 0.15) is 17.3 Å². The molecule has 0 saturated heterocycles. The van der Waals surface area contributed by atoms with Crippen LogP contribution in [0.15, 0.2) is 62.5 Å². The highest BCUT2D eigenvalue weighted by Crippen LogP contribution is 2.26. The van der Waals surface area contributed by atoms with Crippen LogP contribution in [0.5, 0.6) is 5.75 Å². The van der Waals surface area contributed by atoms with E-state index in [2.05, 4.69) is 26.5 Å². The van der Waals surface area contributed by atoms with Gasteiger partial charge in [-0.15, -0.1) is 0 Å². The number of methoxy groups -OCH3 is 1. The average Bonchev–Trinajstić information content (AvgIpc) is 3.16. The third-order valence-corrected chi connectivity index (χ3v) is 4.62. The summed E-state index contributed by atoms with van der Waals surface area (Å²) in [5.41, 5.74) is 4.54. The first-order valence-corrected chi connectivity index (χ1v) is 9.29. The van der Waals surface area contributed by atoms with Crippen molar-refractivity contribution in [3.05, 3.63) is 75.5 Å². The molecule has 0 aliphatic rings. The Hall–Kier alpha value is -3.39. The number of benzene rings is 2. The molecule has 0 atom stereocenters. The number of hydrogen-bond donors (Lipinski definition) is 2. The molecule has 148 valence electrons. The fourth-order valence-corrected chi connectivity index (χ4v) is 3.07. The van der Waals surface area contributed by atoms with Gasteiger partial charge in [-0.2, -0.15) is 5.10 Å². The lowest BCUT2D eigenvalue weighted by Gasteiger charge is -2.07. The fraction of sp³-hybridized carbons (Fsp3) is 0.0952. The van der Waals surface area contributed by atoms with Crippen molar-refractivity contribution in [3.8, 4) is 17.1 Å². The lowest BCUT2D eigenvalue weighted by Crippen LogP contribution is -2.18. The van der Waals surface area contributed by atoms with Gasteiger partial charge in [0.05, 0.1) is 24.5 Å². The monoisotopic (exact) mass is 456 g/mol. The van der Waals surface area contributed by atoms with Crippen molar-refractivity contribution in [2.45, 2.75) is 6.92 Å². The van der Waals surface area contributed by atoms with E-state index in [1.54, 1.807) is 42.5 Å². The van der Waals surface area contributed by atoms with Crippen LogP contribution in [-0.2, 0) is 0 Å². The predicted octanol–water partition coefficient (Wildman–Crippen LogP) is 4.49. The van der Waals surface area contributed by atoms with Crippen LogP contribution < -0.4 is 10.2 Å². The van der Waals surface area contributed by atoms with E-state index >= 15 is 0 Å². The molecule has 0 spiro atoms. The molecule has 0 aliphatic carbocycles. The number of nitrogens with zero attached hydrogens (tertiary/aromatic N) is 1. The molecule has 2 N–H and O–H groups in total. The normalized spacial score (nSPS) is 10.9. The number of ether oxygens (including phenoxy) is 1. The molecule has 3 rings (SSSR count). The van der Waals surface area contributed by atoms with Crippen LogP contribution in [-0.4, -0.2) is 30.3 Å². The topological polar surface area (TPSA) is 101 Å². The third-order valence-electron chi connectivity index (χ3n) is 4.13. The summed E-state index contributed by atoms with van der Waals surface area (Å²) in [6, 6.07) is 13.3. The molecule has 0 bridgehead atoms. The largest absolute Gasteiger partial charge is 0.496 e. The van der Waals surface area contributed by atoms with Crippen molar-refractivity contribution in [3.63, 3.8) is 0 Å². The standard InChI is InChI=1S/C21H17BrN2O5/c1-12-9-13(21(26)27)3-6-16(12)19-8-5-15(29-19)11-23-24-20(25)17-10-14(22)4-7-18(17)28-2/h3-11H,1-2H3,(H,24,25)(H,26,27)/b23-11+. The summed E-state index contributed by atoms with van der Waals surface area (Å²) in [6.07, 6.45) is 1.38. The van der Waals surface area contributed by atoms with Gasteiger partial charge in [0.15, 0.2) is 0 Å². The second-order valence-corrected chi connectivity index (χ2v) is 7.00. The van der Waals surface area contributed by atoms with Crippen molar-refractivity contribution in [1.82, 2.24) is 5.43 Å². The van der Waals surface area contributed by atoms with Crippen LogP contribution in [0.25, 0.3) is 11.3 Å². The van der Waals surface area contributed by atoms with Crippen LogP contribution in [0.3, 0.4) is 0 Å². The van der Waals surface area contributed by atoms with Crippen molar-refractivity contribution < 1.29 is 23.8 Å². The maximum absolute atomic E-state index is 12.3. The van der Waals surface area contributed by atoms with Crippen molar-refractivity contribution in [1.29, 1.82) is 0 Å². The van der Waals surface area contributed by atoms with E-state index in [4.69, 9.17) is 14.3 Å². The number of carboxylic acid groups (broad SMARTS) is 1. The number of hydrazone groups is 1. The van der Waals surface area contributed by atoms with Gasteiger partial charge in [0.2, 0.25) is 0 Å². The molecule has 1 amide bonds. The first-order chi connectivity index (χ1) is 13.9. The first-order valence-electron chi connectivity index (χ1n) is 8.50. The van der Waals surface area contributed by atoms with Crippen LogP contribution in [0.1, 0.15) is 32.0 Å². The molecule has 8 heteroatoms. The average molecular weight is 457 g/mol. The minimum absolute atomic E-state index is 0.213. The zero-order chi connectivity index (χ0) is 21.0. The summed E-state index contributed by atoms with van der Waals surface area (Å²) in [4.78, 5) is 23.4. The highest BCUT2D eigenvalue weighted by molar-refractivity contribution is 9.10. The molecule has 0 unspecified atom stereocenters. The number of rotatable bonds is 6. The Balaban J connectivity index is 1.72. The van der Waals surface area contributed by atoms with Crippen molar-refractivity contribution in [2.75, 3.05) is 7.11 Å². The molecular formula is C21H17BrN2O5. The molecule has 1 heterocycles. The minimum atomic E-state index is -0.982. The molecule has 1 aromatic heterocycles. The number of carboxylic acids is 1. The van der Waals surface area contributed by atoms with Gasteiger partial charge in [-0.05, 0) is 55.0 Å². The second kappa shape index (κ2) is 8.74. The van der Waals surface area contributed by atoms with E-state index in [0.29, 0.717) is 22.8 Å². The number of carbonyl (C=O) groups is 2. The lowest BCUT2D eigenvalue weighted by molar-refractivity contribution is 0.0696. The number of carbonyl (C=O) groups excluding carboxylic acids is 1. The Bertz CT molecular complexity index is 1100. The molecule has 0 fully saturated rings. The second-order valence-electron chi connectivity index (χ2n) is 6.08. The molecule has 0 radical (unpaired) electrons. The van der Waals surface area contributed by atoms with E-state index in [9.17, 15) is 9.59 Å². The van der Waals surface area contributed by atoms with E-state index in [-0.39, 0.29) is 5.56 Å². The highest BCUT2D eigenvalue weighted by Gasteiger charge is 2.13. The quantitative estimate of drug-likeness (QED) is 0.420. The number of furan rings is 1. The number of halogens is 1. The van der Waals surface area contributed by atoms with Crippen LogP contribution >= 0.6 is 15.9 Å². The number of amides is 1. The molecule has 29 heavy (non-hydrogen) atoms. The van der Waals surface area contributed by atoms with Gasteiger partial charge in [0.25, 0.3) is 5.91 Å².